The molecule has 1 saturated carbocycles. The van der Waals surface area contributed by atoms with Gasteiger partial charge in [-0.3, -0.25) is 4.99 Å². The molecule has 1 fully saturated rings. The summed E-state index contributed by atoms with van der Waals surface area (Å²) in [6.07, 6.45) is 10.8. The molecule has 2 N–H and O–H groups in total. The van der Waals surface area contributed by atoms with Gasteiger partial charge in [0.1, 0.15) is 0 Å². The van der Waals surface area contributed by atoms with Crippen molar-refractivity contribution in [2.45, 2.75) is 64.4 Å². The van der Waals surface area contributed by atoms with Crippen LogP contribution < -0.4 is 10.6 Å². The summed E-state index contributed by atoms with van der Waals surface area (Å²) < 4.78 is 5.94. The Morgan fingerprint density at radius 1 is 1.11 bits per heavy atom. The van der Waals surface area contributed by atoms with Gasteiger partial charge < -0.3 is 15.4 Å². The molecule has 0 aromatic heterocycles. The van der Waals surface area contributed by atoms with Gasteiger partial charge in [0, 0.05) is 20.1 Å². The fraction of sp³-hybridized carbons (Fsp3) is 0.933. The Labute approximate surface area is 118 Å². The van der Waals surface area contributed by atoms with Crippen LogP contribution >= 0.6 is 0 Å². The smallest absolute Gasteiger partial charge is 0.191 e. The predicted molar refractivity (Wildman–Crippen MR) is 81.7 cm³/mol. The highest BCUT2D eigenvalue weighted by Crippen LogP contribution is 2.19. The van der Waals surface area contributed by atoms with E-state index in [9.17, 15) is 0 Å². The number of hydrogen-bond acceptors (Lipinski definition) is 2. The second-order valence-corrected chi connectivity index (χ2v) is 5.26. The van der Waals surface area contributed by atoms with E-state index >= 15 is 0 Å². The molecule has 1 aliphatic carbocycles. The summed E-state index contributed by atoms with van der Waals surface area (Å²) in [6, 6.07) is 0. The Morgan fingerprint density at radius 2 is 1.79 bits per heavy atom. The maximum Gasteiger partial charge on any atom is 0.191 e. The second kappa shape index (κ2) is 11.1. The van der Waals surface area contributed by atoms with Crippen LogP contribution in [0.4, 0.5) is 0 Å². The molecule has 1 aliphatic rings. The fourth-order valence-corrected chi connectivity index (χ4v) is 2.41. The lowest BCUT2D eigenvalue weighted by Gasteiger charge is -2.16. The molecule has 112 valence electrons. The molecule has 0 heterocycles. The van der Waals surface area contributed by atoms with Gasteiger partial charge in [-0.2, -0.15) is 0 Å². The molecule has 0 atom stereocenters. The van der Waals surface area contributed by atoms with Gasteiger partial charge in [0.2, 0.25) is 0 Å². The van der Waals surface area contributed by atoms with Crippen LogP contribution in [0, 0.1) is 0 Å². The van der Waals surface area contributed by atoms with Gasteiger partial charge in [-0.1, -0.05) is 39.0 Å². The first-order valence-electron chi connectivity index (χ1n) is 7.93. The normalized spacial score (nSPS) is 18.1. The molecule has 0 saturated heterocycles. The zero-order valence-electron chi connectivity index (χ0n) is 12.7. The molecule has 0 unspecified atom stereocenters. The number of aliphatic imine (C=N–C) groups is 1. The van der Waals surface area contributed by atoms with Crippen molar-refractivity contribution < 1.29 is 4.74 Å². The van der Waals surface area contributed by atoms with Gasteiger partial charge in [-0.05, 0) is 19.3 Å². The molecule has 0 bridgehead atoms. The maximum atomic E-state index is 5.94. The van der Waals surface area contributed by atoms with Crippen LogP contribution in [0.2, 0.25) is 0 Å². The van der Waals surface area contributed by atoms with E-state index in [1.54, 1.807) is 0 Å². The van der Waals surface area contributed by atoms with E-state index in [1.165, 1.54) is 51.4 Å². The van der Waals surface area contributed by atoms with Crippen molar-refractivity contribution in [1.29, 1.82) is 0 Å². The summed E-state index contributed by atoms with van der Waals surface area (Å²) in [5, 5.41) is 6.60. The van der Waals surface area contributed by atoms with Gasteiger partial charge in [0.15, 0.2) is 5.96 Å². The third-order valence-electron chi connectivity index (χ3n) is 3.60. The monoisotopic (exact) mass is 269 g/mol. The Hall–Kier alpha value is -0.770. The average molecular weight is 269 g/mol. The number of nitrogens with zero attached hydrogens (tertiary/aromatic N) is 1. The summed E-state index contributed by atoms with van der Waals surface area (Å²) in [4.78, 5) is 4.20. The van der Waals surface area contributed by atoms with Crippen LogP contribution in [0.3, 0.4) is 0 Å². The van der Waals surface area contributed by atoms with Gasteiger partial charge in [0.25, 0.3) is 0 Å². The summed E-state index contributed by atoms with van der Waals surface area (Å²) in [7, 11) is 1.81. The van der Waals surface area contributed by atoms with Crippen LogP contribution in [-0.4, -0.2) is 38.8 Å². The van der Waals surface area contributed by atoms with Crippen molar-refractivity contribution in [1.82, 2.24) is 10.6 Å². The van der Waals surface area contributed by atoms with Gasteiger partial charge in [-0.15, -0.1) is 0 Å². The fourth-order valence-electron chi connectivity index (χ4n) is 2.41. The topological polar surface area (TPSA) is 45.7 Å². The SMILES string of the molecule is CCCCNC(=NC)NCCOC1CCCCCC1. The van der Waals surface area contributed by atoms with Crippen molar-refractivity contribution in [2.75, 3.05) is 26.7 Å². The Balaban J connectivity index is 2.04. The quantitative estimate of drug-likeness (QED) is 0.323. The number of nitrogens with one attached hydrogen (secondary N) is 2. The molecule has 0 spiro atoms. The number of hydrogen-bond donors (Lipinski definition) is 2. The standard InChI is InChI=1S/C15H31N3O/c1-3-4-11-17-15(16-2)18-12-13-19-14-9-7-5-6-8-10-14/h14H,3-13H2,1-2H3,(H2,16,17,18). The molecule has 1 rings (SSSR count). The van der Waals surface area contributed by atoms with Crippen molar-refractivity contribution in [2.24, 2.45) is 4.99 Å². The van der Waals surface area contributed by atoms with Crippen LogP contribution in [0.25, 0.3) is 0 Å². The van der Waals surface area contributed by atoms with Crippen LogP contribution in [0.1, 0.15) is 58.3 Å². The number of ether oxygens (including phenoxy) is 1. The maximum absolute atomic E-state index is 5.94. The Morgan fingerprint density at radius 3 is 2.42 bits per heavy atom. The molecule has 0 aromatic rings. The van der Waals surface area contributed by atoms with E-state index in [1.807, 2.05) is 7.05 Å². The molecule has 4 nitrogen and oxygen atoms in total. The Bertz CT molecular complexity index is 236. The zero-order valence-corrected chi connectivity index (χ0v) is 12.7. The van der Waals surface area contributed by atoms with E-state index in [4.69, 9.17) is 4.74 Å². The first kappa shape index (κ1) is 16.3. The lowest BCUT2D eigenvalue weighted by Crippen LogP contribution is -2.39. The summed E-state index contributed by atoms with van der Waals surface area (Å²) in [5.74, 6) is 0.887. The van der Waals surface area contributed by atoms with Gasteiger partial charge in [-0.25, -0.2) is 0 Å². The van der Waals surface area contributed by atoms with Gasteiger partial charge in [0.05, 0.1) is 12.7 Å². The second-order valence-electron chi connectivity index (χ2n) is 5.26. The third-order valence-corrected chi connectivity index (χ3v) is 3.60. The van der Waals surface area contributed by atoms with Crippen molar-refractivity contribution in [3.63, 3.8) is 0 Å². The minimum atomic E-state index is 0.486. The van der Waals surface area contributed by atoms with Crippen LogP contribution in [-0.2, 0) is 4.74 Å². The number of guanidine groups is 1. The van der Waals surface area contributed by atoms with Crippen molar-refractivity contribution in [3.05, 3.63) is 0 Å². The zero-order chi connectivity index (χ0) is 13.8. The van der Waals surface area contributed by atoms with Gasteiger partial charge >= 0.3 is 0 Å². The highest BCUT2D eigenvalue weighted by molar-refractivity contribution is 5.79. The molecule has 0 amide bonds. The first-order chi connectivity index (χ1) is 9.36. The van der Waals surface area contributed by atoms with Crippen molar-refractivity contribution >= 4 is 5.96 Å². The van der Waals surface area contributed by atoms with E-state index in [2.05, 4.69) is 22.5 Å². The molecule has 0 radical (unpaired) electrons. The largest absolute Gasteiger partial charge is 0.376 e. The molecular weight excluding hydrogens is 238 g/mol. The lowest BCUT2D eigenvalue weighted by atomic mass is 10.1. The summed E-state index contributed by atoms with van der Waals surface area (Å²) in [5.41, 5.74) is 0. The lowest BCUT2D eigenvalue weighted by molar-refractivity contribution is 0.0468. The van der Waals surface area contributed by atoms with E-state index in [0.717, 1.165) is 25.7 Å². The molecule has 0 aromatic carbocycles. The average Bonchev–Trinajstić information content (AvgIpc) is 2.70. The predicted octanol–water partition coefficient (Wildman–Crippen LogP) is 2.69. The summed E-state index contributed by atoms with van der Waals surface area (Å²) in [6.45, 7) is 4.79. The van der Waals surface area contributed by atoms with E-state index in [0.29, 0.717) is 6.10 Å². The minimum absolute atomic E-state index is 0.486. The number of rotatable bonds is 7. The third kappa shape index (κ3) is 8.09. The van der Waals surface area contributed by atoms with Crippen LogP contribution in [0.15, 0.2) is 4.99 Å². The van der Waals surface area contributed by atoms with E-state index in [-0.39, 0.29) is 0 Å². The first-order valence-corrected chi connectivity index (χ1v) is 7.93. The highest BCUT2D eigenvalue weighted by atomic mass is 16.5. The molecular formula is C15H31N3O. The number of unbranched alkanes of at least 4 members (excludes halogenated alkanes) is 1. The highest BCUT2D eigenvalue weighted by Gasteiger charge is 2.11. The van der Waals surface area contributed by atoms with E-state index < -0.39 is 0 Å². The Kier molecular flexibility index (Phi) is 9.51. The molecule has 0 aliphatic heterocycles. The summed E-state index contributed by atoms with van der Waals surface area (Å²) >= 11 is 0. The minimum Gasteiger partial charge on any atom is -0.376 e. The molecule has 19 heavy (non-hydrogen) atoms. The van der Waals surface area contributed by atoms with Crippen LogP contribution in [0.5, 0.6) is 0 Å². The van der Waals surface area contributed by atoms with Crippen molar-refractivity contribution in [3.8, 4) is 0 Å². The molecule has 4 heteroatoms.